The number of aromatic amines is 1. The van der Waals surface area contributed by atoms with Crippen molar-refractivity contribution in [2.24, 2.45) is 5.92 Å². The van der Waals surface area contributed by atoms with Gasteiger partial charge in [0.1, 0.15) is 6.04 Å². The summed E-state index contributed by atoms with van der Waals surface area (Å²) in [7, 11) is -2.84. The molecule has 1 unspecified atom stereocenters. The number of carbonyl (C=O) groups excluding carboxylic acids is 3. The summed E-state index contributed by atoms with van der Waals surface area (Å²) in [6, 6.07) is 6.23. The fourth-order valence-electron chi connectivity index (χ4n) is 7.22. The monoisotopic (exact) mass is 865 g/mol. The molecule has 13 nitrogen and oxygen atoms in total. The Morgan fingerprint density at radius 2 is 1.40 bits per heavy atom. The maximum absolute atomic E-state index is 13.2. The summed E-state index contributed by atoms with van der Waals surface area (Å²) in [6.45, 7) is 8.06. The predicted molar refractivity (Wildman–Crippen MR) is 241 cm³/mol. The second-order valence-electron chi connectivity index (χ2n) is 16.3. The largest absolute Gasteiger partial charge is 0.472 e. The molecule has 2 rings (SSSR count). The van der Waals surface area contributed by atoms with Crippen LogP contribution >= 0.6 is 7.82 Å². The van der Waals surface area contributed by atoms with Gasteiger partial charge in [-0.15, -0.1) is 0 Å². The van der Waals surface area contributed by atoms with Crippen LogP contribution in [0.4, 0.5) is 0 Å². The average molecular weight is 865 g/mol. The molecule has 0 radical (unpaired) electrons. The summed E-state index contributed by atoms with van der Waals surface area (Å²) < 4.78 is 35.0. The first-order valence-electron chi connectivity index (χ1n) is 23.2. The van der Waals surface area contributed by atoms with E-state index in [9.17, 15) is 23.8 Å². The summed E-state index contributed by atoms with van der Waals surface area (Å²) in [5, 5.41) is 9.46. The number of para-hydroxylation sites is 1. The molecule has 0 aliphatic heterocycles. The van der Waals surface area contributed by atoms with Crippen molar-refractivity contribution in [1.82, 2.24) is 20.9 Å². The molecule has 14 heteroatoms. The first kappa shape index (κ1) is 53.3. The van der Waals surface area contributed by atoms with Crippen LogP contribution < -0.4 is 16.0 Å². The standard InChI is InChI=1S/C46H81N4O9P/c1-6-9-11-13-14-15-16-17-18-20-22-28-43(51)49-39(35-57-31-29-40(56-5)25-21-19-12-10-7-2)36-59-60(54,55)58-32-30-47-46(53)45(37(4)8-3)50-44(52)33-38-34-48-42-27-24-23-26-41(38)42/h23-24,26-27,34,37,39-40,45,48H,6-22,25,28-33,35-36H2,1-5H3,(H,47,53)(H,49,51)(H,50,52)(H,54,55)/t37-,39+,40+,45-/m0/s1. The molecule has 1 aromatic heterocycles. The topological polar surface area (TPSA) is 177 Å². The van der Waals surface area contributed by atoms with Gasteiger partial charge in [0.05, 0.1) is 38.4 Å². The number of H-pyrrole nitrogens is 1. The predicted octanol–water partition coefficient (Wildman–Crippen LogP) is 9.46. The number of phosphoric ester groups is 1. The van der Waals surface area contributed by atoms with Gasteiger partial charge >= 0.3 is 7.82 Å². The maximum Gasteiger partial charge on any atom is 0.472 e. The lowest BCUT2D eigenvalue weighted by Gasteiger charge is -2.24. The number of hydrogen-bond donors (Lipinski definition) is 5. The Kier molecular flexibility index (Phi) is 29.2. The molecule has 5 atom stereocenters. The second-order valence-corrected chi connectivity index (χ2v) is 17.8. The van der Waals surface area contributed by atoms with E-state index in [2.05, 4.69) is 34.8 Å². The zero-order valence-electron chi connectivity index (χ0n) is 37.7. The van der Waals surface area contributed by atoms with E-state index < -0.39 is 25.8 Å². The molecule has 0 fully saturated rings. The lowest BCUT2D eigenvalue weighted by atomic mass is 9.98. The van der Waals surface area contributed by atoms with Crippen LogP contribution in [0.5, 0.6) is 0 Å². The molecule has 344 valence electrons. The summed E-state index contributed by atoms with van der Waals surface area (Å²) in [5.74, 6) is -1.03. The van der Waals surface area contributed by atoms with Gasteiger partial charge in [-0.3, -0.25) is 23.4 Å². The molecule has 0 aliphatic rings. The Hall–Kier alpha value is -2.80. The van der Waals surface area contributed by atoms with Crippen LogP contribution in [0.3, 0.4) is 0 Å². The van der Waals surface area contributed by atoms with E-state index in [1.165, 1.54) is 77.0 Å². The van der Waals surface area contributed by atoms with Crippen LogP contribution in [-0.2, 0) is 43.9 Å². The molecule has 0 saturated carbocycles. The quantitative estimate of drug-likeness (QED) is 0.0325. The fraction of sp³-hybridized carbons (Fsp3) is 0.761. The van der Waals surface area contributed by atoms with Gasteiger partial charge in [-0.1, -0.05) is 149 Å². The number of ether oxygens (including phenoxy) is 2. The van der Waals surface area contributed by atoms with E-state index in [4.69, 9.17) is 18.5 Å². The van der Waals surface area contributed by atoms with E-state index in [1.54, 1.807) is 13.3 Å². The highest BCUT2D eigenvalue weighted by atomic mass is 31.2. The van der Waals surface area contributed by atoms with Crippen LogP contribution in [0.1, 0.15) is 162 Å². The normalized spacial score (nSPS) is 14.6. The molecule has 0 bridgehead atoms. The van der Waals surface area contributed by atoms with Gasteiger partial charge in [0.2, 0.25) is 17.7 Å². The van der Waals surface area contributed by atoms with Crippen molar-refractivity contribution in [2.45, 2.75) is 181 Å². The van der Waals surface area contributed by atoms with Gasteiger partial charge in [-0.25, -0.2) is 4.57 Å². The minimum absolute atomic E-state index is 0.0746. The fourth-order valence-corrected chi connectivity index (χ4v) is 7.99. The van der Waals surface area contributed by atoms with Crippen LogP contribution in [-0.4, -0.2) is 85.9 Å². The number of amides is 3. The van der Waals surface area contributed by atoms with Crippen LogP contribution in [0.15, 0.2) is 30.5 Å². The Morgan fingerprint density at radius 1 is 0.767 bits per heavy atom. The number of methoxy groups -OCH3 is 1. The third-order valence-corrected chi connectivity index (χ3v) is 12.2. The minimum atomic E-state index is -4.55. The lowest BCUT2D eigenvalue weighted by Crippen LogP contribution is -2.51. The van der Waals surface area contributed by atoms with Gasteiger partial charge in [0.25, 0.3) is 0 Å². The molecule has 3 amide bonds. The summed E-state index contributed by atoms with van der Waals surface area (Å²) >= 11 is 0. The Labute approximate surface area is 361 Å². The highest BCUT2D eigenvalue weighted by Crippen LogP contribution is 2.43. The summed E-state index contributed by atoms with van der Waals surface area (Å²) in [5.41, 5.74) is 1.76. The highest BCUT2D eigenvalue weighted by molar-refractivity contribution is 7.47. The first-order chi connectivity index (χ1) is 29.0. The minimum Gasteiger partial charge on any atom is -0.381 e. The zero-order valence-corrected chi connectivity index (χ0v) is 38.6. The maximum atomic E-state index is 13.2. The number of nitrogens with one attached hydrogen (secondary N) is 4. The van der Waals surface area contributed by atoms with Crippen molar-refractivity contribution in [2.75, 3.05) is 40.1 Å². The molecular formula is C46H81N4O9P. The number of phosphoric acid groups is 1. The number of hydrogen-bond acceptors (Lipinski definition) is 8. The molecule has 1 aromatic carbocycles. The first-order valence-corrected chi connectivity index (χ1v) is 24.7. The second kappa shape index (κ2) is 32.9. The van der Waals surface area contributed by atoms with Gasteiger partial charge in [-0.2, -0.15) is 0 Å². The van der Waals surface area contributed by atoms with Crippen LogP contribution in [0.2, 0.25) is 0 Å². The molecule has 2 aromatic rings. The summed E-state index contributed by atoms with van der Waals surface area (Å²) in [6.07, 6.45) is 23.6. The molecule has 60 heavy (non-hydrogen) atoms. The number of aromatic nitrogens is 1. The third-order valence-electron chi connectivity index (χ3n) is 11.2. The third kappa shape index (κ3) is 24.0. The Balaban J connectivity index is 1.83. The van der Waals surface area contributed by atoms with Crippen molar-refractivity contribution >= 4 is 36.4 Å². The number of carbonyl (C=O) groups is 3. The smallest absolute Gasteiger partial charge is 0.381 e. The van der Waals surface area contributed by atoms with E-state index >= 15 is 0 Å². The van der Waals surface area contributed by atoms with Gasteiger partial charge in [0.15, 0.2) is 0 Å². The van der Waals surface area contributed by atoms with E-state index in [1.807, 2.05) is 38.1 Å². The van der Waals surface area contributed by atoms with Gasteiger partial charge in [-0.05, 0) is 36.8 Å². The van der Waals surface area contributed by atoms with Crippen molar-refractivity contribution in [3.8, 4) is 0 Å². The van der Waals surface area contributed by atoms with Crippen LogP contribution in [0, 0.1) is 5.92 Å². The van der Waals surface area contributed by atoms with Crippen molar-refractivity contribution in [1.29, 1.82) is 0 Å². The average Bonchev–Trinajstić information content (AvgIpc) is 3.64. The Morgan fingerprint density at radius 3 is 2.05 bits per heavy atom. The van der Waals surface area contributed by atoms with Crippen molar-refractivity contribution in [3.05, 3.63) is 36.0 Å². The zero-order chi connectivity index (χ0) is 43.9. The number of unbranched alkanes of at least 4 members (excludes halogenated alkanes) is 14. The molecule has 1 heterocycles. The molecule has 5 N–H and O–H groups in total. The molecule has 0 saturated heterocycles. The van der Waals surface area contributed by atoms with E-state index in [0.29, 0.717) is 25.9 Å². The van der Waals surface area contributed by atoms with Crippen molar-refractivity contribution in [3.63, 3.8) is 0 Å². The van der Waals surface area contributed by atoms with Crippen molar-refractivity contribution < 1.29 is 42.4 Å². The van der Waals surface area contributed by atoms with Crippen LogP contribution in [0.25, 0.3) is 10.9 Å². The lowest BCUT2D eigenvalue weighted by molar-refractivity contribution is -0.130. The number of fused-ring (bicyclic) bond motifs is 1. The summed E-state index contributed by atoms with van der Waals surface area (Å²) in [4.78, 5) is 52.8. The van der Waals surface area contributed by atoms with E-state index in [-0.39, 0.29) is 56.6 Å². The van der Waals surface area contributed by atoms with Gasteiger partial charge < -0.3 is 35.3 Å². The SMILES string of the molecule is CCCCCCCCCCCCCC(=O)N[C@H](COCC[C@@H](CCCCCCC)OC)COP(=O)(O)OCCNC(=O)[C@@H](NC(=O)Cc1c[nH]c2ccccc12)[C@@H](C)CC. The highest BCUT2D eigenvalue weighted by Gasteiger charge is 2.28. The Bertz CT molecular complexity index is 1490. The van der Waals surface area contributed by atoms with Gasteiger partial charge in [0, 0.05) is 43.8 Å². The molecule has 0 spiro atoms. The number of benzene rings is 1. The molecular weight excluding hydrogens is 783 g/mol. The number of rotatable bonds is 38. The molecule has 0 aliphatic carbocycles. The van der Waals surface area contributed by atoms with E-state index in [0.717, 1.165) is 48.6 Å².